The quantitative estimate of drug-likeness (QED) is 0.513. The predicted octanol–water partition coefficient (Wildman–Crippen LogP) is 4.04. The summed E-state index contributed by atoms with van der Waals surface area (Å²) >= 11 is 5.40. The summed E-state index contributed by atoms with van der Waals surface area (Å²) < 4.78 is 54.9. The van der Waals surface area contributed by atoms with E-state index in [1.54, 1.807) is 0 Å². The van der Waals surface area contributed by atoms with E-state index in [2.05, 4.69) is 4.98 Å². The number of hydrogen-bond acceptors (Lipinski definition) is 5. The Morgan fingerprint density at radius 1 is 1.16 bits per heavy atom. The van der Waals surface area contributed by atoms with Crippen molar-refractivity contribution in [1.29, 1.82) is 10.5 Å². The zero-order valence-electron chi connectivity index (χ0n) is 15.6. The molecular formula is C20H11F4N5OS. The molecule has 1 aliphatic carbocycles. The molecule has 6 nitrogen and oxygen atoms in total. The number of rotatable bonds is 2. The van der Waals surface area contributed by atoms with E-state index in [9.17, 15) is 22.4 Å². The fraction of sp³-hybridized carbons (Fsp3) is 0.250. The number of carbonyl (C=O) groups excluding carboxylic acids is 1. The van der Waals surface area contributed by atoms with Gasteiger partial charge < -0.3 is 4.90 Å². The Morgan fingerprint density at radius 3 is 2.39 bits per heavy atom. The molecule has 1 aromatic carbocycles. The molecule has 11 heteroatoms. The highest BCUT2D eigenvalue weighted by atomic mass is 32.1. The monoisotopic (exact) mass is 445 g/mol. The van der Waals surface area contributed by atoms with Gasteiger partial charge in [0.2, 0.25) is 0 Å². The molecule has 2 aromatic rings. The number of alkyl halides is 3. The second kappa shape index (κ2) is 7.00. The van der Waals surface area contributed by atoms with Crippen molar-refractivity contribution in [2.75, 3.05) is 9.80 Å². The molecule has 4 rings (SSSR count). The van der Waals surface area contributed by atoms with Gasteiger partial charge in [-0.25, -0.2) is 9.37 Å². The van der Waals surface area contributed by atoms with Gasteiger partial charge in [-0.2, -0.15) is 23.7 Å². The molecule has 0 radical (unpaired) electrons. The van der Waals surface area contributed by atoms with E-state index in [1.807, 2.05) is 6.07 Å². The number of carbonyl (C=O) groups is 1. The highest BCUT2D eigenvalue weighted by Gasteiger charge is 2.60. The Kier molecular flexibility index (Phi) is 4.67. The van der Waals surface area contributed by atoms with Crippen LogP contribution in [0.1, 0.15) is 36.1 Å². The van der Waals surface area contributed by atoms with Crippen molar-refractivity contribution in [2.24, 2.45) is 0 Å². The molecule has 1 aromatic heterocycles. The van der Waals surface area contributed by atoms with E-state index in [-0.39, 0.29) is 22.1 Å². The third kappa shape index (κ3) is 3.01. The van der Waals surface area contributed by atoms with E-state index in [1.165, 1.54) is 23.1 Å². The average Bonchev–Trinajstić information content (AvgIpc) is 2.93. The van der Waals surface area contributed by atoms with Gasteiger partial charge in [0, 0.05) is 0 Å². The lowest BCUT2D eigenvalue weighted by molar-refractivity contribution is -0.138. The van der Waals surface area contributed by atoms with Gasteiger partial charge in [0.05, 0.1) is 34.8 Å². The molecule has 1 saturated heterocycles. The molecule has 2 aliphatic rings. The summed E-state index contributed by atoms with van der Waals surface area (Å²) in [5.41, 5.74) is -3.58. The molecule has 1 saturated carbocycles. The van der Waals surface area contributed by atoms with Crippen molar-refractivity contribution in [2.45, 2.75) is 31.0 Å². The number of halogens is 4. The van der Waals surface area contributed by atoms with Gasteiger partial charge in [-0.05, 0) is 55.7 Å². The number of anilines is 2. The van der Waals surface area contributed by atoms with Gasteiger partial charge in [-0.3, -0.25) is 9.69 Å². The first kappa shape index (κ1) is 20.7. The maximum atomic E-state index is 14.8. The summed E-state index contributed by atoms with van der Waals surface area (Å²) in [7, 11) is 0. The van der Waals surface area contributed by atoms with E-state index in [0.717, 1.165) is 17.2 Å². The number of amides is 1. The van der Waals surface area contributed by atoms with Gasteiger partial charge in [0.25, 0.3) is 5.91 Å². The number of hydrogen-bond donors (Lipinski definition) is 0. The van der Waals surface area contributed by atoms with Crippen molar-refractivity contribution < 1.29 is 22.4 Å². The molecule has 1 aliphatic heterocycles. The Labute approximate surface area is 178 Å². The Morgan fingerprint density at radius 2 is 1.87 bits per heavy atom. The molecule has 2 heterocycles. The Hall–Kier alpha value is -3.57. The lowest BCUT2D eigenvalue weighted by atomic mass is 9.75. The summed E-state index contributed by atoms with van der Waals surface area (Å²) in [6.45, 7) is 0. The maximum absolute atomic E-state index is 14.8. The summed E-state index contributed by atoms with van der Waals surface area (Å²) in [6, 6.07) is 7.51. The minimum Gasteiger partial charge on any atom is -0.300 e. The van der Waals surface area contributed by atoms with E-state index >= 15 is 0 Å². The second-order valence-electron chi connectivity index (χ2n) is 7.12. The van der Waals surface area contributed by atoms with E-state index in [4.69, 9.17) is 22.7 Å². The lowest BCUT2D eigenvalue weighted by Crippen LogP contribution is -2.55. The second-order valence-corrected chi connectivity index (χ2v) is 7.49. The fourth-order valence-electron chi connectivity index (χ4n) is 3.82. The number of pyridine rings is 1. The van der Waals surface area contributed by atoms with Crippen LogP contribution >= 0.6 is 12.2 Å². The van der Waals surface area contributed by atoms with Crippen LogP contribution in [-0.4, -0.2) is 21.5 Å². The van der Waals surface area contributed by atoms with Crippen LogP contribution in [0.3, 0.4) is 0 Å². The number of thiocarbonyl (C=S) groups is 1. The smallest absolute Gasteiger partial charge is 0.300 e. The molecule has 2 fully saturated rings. The molecule has 0 N–H and O–H groups in total. The van der Waals surface area contributed by atoms with Crippen LogP contribution in [0.5, 0.6) is 0 Å². The zero-order valence-corrected chi connectivity index (χ0v) is 16.4. The van der Waals surface area contributed by atoms with Crippen molar-refractivity contribution in [3.8, 4) is 12.1 Å². The van der Waals surface area contributed by atoms with Gasteiger partial charge in [0.1, 0.15) is 17.4 Å². The highest BCUT2D eigenvalue weighted by molar-refractivity contribution is 7.81. The van der Waals surface area contributed by atoms with Gasteiger partial charge in [-0.1, -0.05) is 0 Å². The van der Waals surface area contributed by atoms with Crippen LogP contribution < -0.4 is 9.80 Å². The third-order valence-electron chi connectivity index (χ3n) is 5.45. The minimum absolute atomic E-state index is 0.0443. The fourth-order valence-corrected chi connectivity index (χ4v) is 4.28. The molecule has 0 unspecified atom stereocenters. The van der Waals surface area contributed by atoms with Gasteiger partial charge in [0.15, 0.2) is 10.8 Å². The summed E-state index contributed by atoms with van der Waals surface area (Å²) in [4.78, 5) is 19.0. The van der Waals surface area contributed by atoms with Crippen LogP contribution in [0.2, 0.25) is 0 Å². The normalized spacial score (nSPS) is 17.5. The minimum atomic E-state index is -4.87. The first-order valence-corrected chi connectivity index (χ1v) is 9.40. The summed E-state index contributed by atoms with van der Waals surface area (Å²) in [6.07, 6.45) is -2.60. The summed E-state index contributed by atoms with van der Waals surface area (Å²) in [5, 5.41) is 17.7. The van der Waals surface area contributed by atoms with E-state index in [0.29, 0.717) is 25.3 Å². The highest BCUT2D eigenvalue weighted by Crippen LogP contribution is 2.48. The summed E-state index contributed by atoms with van der Waals surface area (Å²) in [5.74, 6) is -1.37. The van der Waals surface area contributed by atoms with Crippen molar-refractivity contribution in [1.82, 2.24) is 4.98 Å². The standard InChI is InChI=1S/C20H11F4N5OS/c21-14-6-11(8-25)2-3-16(14)29-18(31)28(17(30)19(29)4-1-5-19)12-7-13(20(22,23)24)15(9-26)27-10-12/h2-3,6-7,10H,1,4-5H2. The Bertz CT molecular complexity index is 1210. The van der Waals surface area contributed by atoms with E-state index < -0.39 is 34.7 Å². The average molecular weight is 445 g/mol. The third-order valence-corrected chi connectivity index (χ3v) is 5.82. The first-order valence-electron chi connectivity index (χ1n) is 9.00. The van der Waals surface area contributed by atoms with Crippen LogP contribution in [-0.2, 0) is 11.0 Å². The molecular weight excluding hydrogens is 434 g/mol. The number of aromatic nitrogens is 1. The zero-order chi connectivity index (χ0) is 22.6. The van der Waals surface area contributed by atoms with Crippen molar-refractivity contribution in [3.63, 3.8) is 0 Å². The lowest BCUT2D eigenvalue weighted by Gasteiger charge is -2.43. The topological polar surface area (TPSA) is 84.0 Å². The molecule has 31 heavy (non-hydrogen) atoms. The van der Waals surface area contributed by atoms with Crippen LogP contribution in [0.15, 0.2) is 30.5 Å². The Balaban J connectivity index is 1.84. The van der Waals surface area contributed by atoms with Gasteiger partial charge in [-0.15, -0.1) is 0 Å². The first-order chi connectivity index (χ1) is 14.6. The van der Waals surface area contributed by atoms with Crippen LogP contribution in [0.4, 0.5) is 28.9 Å². The van der Waals surface area contributed by atoms with Crippen molar-refractivity contribution in [3.05, 3.63) is 53.1 Å². The molecule has 156 valence electrons. The van der Waals surface area contributed by atoms with Gasteiger partial charge >= 0.3 is 6.18 Å². The number of nitriles is 2. The number of nitrogens with zero attached hydrogens (tertiary/aromatic N) is 5. The van der Waals surface area contributed by atoms with Crippen LogP contribution in [0, 0.1) is 28.5 Å². The number of benzene rings is 1. The largest absolute Gasteiger partial charge is 0.419 e. The molecule has 0 atom stereocenters. The predicted molar refractivity (Wildman–Crippen MR) is 104 cm³/mol. The SMILES string of the molecule is N#Cc1ccc(N2C(=S)N(c3cnc(C#N)c(C(F)(F)F)c3)C(=O)C23CCC3)c(F)c1. The van der Waals surface area contributed by atoms with Crippen molar-refractivity contribution >= 4 is 34.6 Å². The molecule has 1 amide bonds. The molecule has 1 spiro atoms. The molecule has 0 bridgehead atoms. The maximum Gasteiger partial charge on any atom is 0.419 e. The van der Waals surface area contributed by atoms with Crippen LogP contribution in [0.25, 0.3) is 0 Å².